The number of thiophene rings is 1. The summed E-state index contributed by atoms with van der Waals surface area (Å²) in [6.45, 7) is 1.09. The predicted octanol–water partition coefficient (Wildman–Crippen LogP) is 2.33. The van der Waals surface area contributed by atoms with Crippen LogP contribution in [-0.2, 0) is 4.74 Å². The van der Waals surface area contributed by atoms with Gasteiger partial charge < -0.3 is 9.47 Å². The van der Waals surface area contributed by atoms with Crippen molar-refractivity contribution in [3.8, 4) is 5.75 Å². The fourth-order valence-corrected chi connectivity index (χ4v) is 2.67. The summed E-state index contributed by atoms with van der Waals surface area (Å²) in [7, 11) is 1.66. The van der Waals surface area contributed by atoms with Crippen LogP contribution in [0.4, 0.5) is 0 Å². The molecule has 0 aliphatic heterocycles. The van der Waals surface area contributed by atoms with Gasteiger partial charge in [-0.3, -0.25) is 5.84 Å². The minimum Gasteiger partial charge on any atom is -0.491 e. The van der Waals surface area contributed by atoms with Crippen LogP contribution in [0.2, 0.25) is 0 Å². The molecule has 0 radical (unpaired) electrons. The molecule has 0 amide bonds. The van der Waals surface area contributed by atoms with E-state index in [9.17, 15) is 0 Å². The zero-order valence-corrected chi connectivity index (χ0v) is 11.7. The number of rotatable bonds is 7. The highest BCUT2D eigenvalue weighted by Gasteiger charge is 2.17. The van der Waals surface area contributed by atoms with E-state index in [0.29, 0.717) is 13.2 Å². The molecule has 0 aliphatic carbocycles. The standard InChI is InChI=1S/C14H18N2O2S/c1-17-8-9-18-12-6-3-2-5-11(12)14(16-15)13-7-4-10-19-13/h2-7,10,14,16H,8-9,15H2,1H3. The Labute approximate surface area is 117 Å². The van der Waals surface area contributed by atoms with E-state index in [4.69, 9.17) is 15.3 Å². The van der Waals surface area contributed by atoms with Crippen molar-refractivity contribution >= 4 is 11.3 Å². The van der Waals surface area contributed by atoms with E-state index >= 15 is 0 Å². The van der Waals surface area contributed by atoms with E-state index < -0.39 is 0 Å². The highest BCUT2D eigenvalue weighted by atomic mass is 32.1. The Morgan fingerprint density at radius 1 is 1.21 bits per heavy atom. The molecule has 1 heterocycles. The Bertz CT molecular complexity index is 488. The molecule has 19 heavy (non-hydrogen) atoms. The predicted molar refractivity (Wildman–Crippen MR) is 77.3 cm³/mol. The first-order chi connectivity index (χ1) is 9.36. The van der Waals surface area contributed by atoms with Gasteiger partial charge >= 0.3 is 0 Å². The van der Waals surface area contributed by atoms with Crippen LogP contribution in [0.5, 0.6) is 5.75 Å². The zero-order valence-electron chi connectivity index (χ0n) is 10.8. The molecule has 0 aliphatic rings. The molecular formula is C14H18N2O2S. The number of nitrogens with two attached hydrogens (primary N) is 1. The lowest BCUT2D eigenvalue weighted by Gasteiger charge is -2.18. The number of nitrogens with one attached hydrogen (secondary N) is 1. The van der Waals surface area contributed by atoms with Gasteiger partial charge in [-0.05, 0) is 17.5 Å². The molecular weight excluding hydrogens is 260 g/mol. The second kappa shape index (κ2) is 7.25. The minimum atomic E-state index is -0.0567. The van der Waals surface area contributed by atoms with Gasteiger partial charge in [-0.1, -0.05) is 24.3 Å². The van der Waals surface area contributed by atoms with E-state index in [0.717, 1.165) is 16.2 Å². The van der Waals surface area contributed by atoms with Crippen molar-refractivity contribution in [2.75, 3.05) is 20.3 Å². The summed E-state index contributed by atoms with van der Waals surface area (Å²) in [5, 5.41) is 2.04. The number of para-hydroxylation sites is 1. The van der Waals surface area contributed by atoms with E-state index in [1.165, 1.54) is 0 Å². The van der Waals surface area contributed by atoms with E-state index in [-0.39, 0.29) is 6.04 Å². The van der Waals surface area contributed by atoms with Gasteiger partial charge in [0.2, 0.25) is 0 Å². The van der Waals surface area contributed by atoms with Crippen LogP contribution in [0.3, 0.4) is 0 Å². The van der Waals surface area contributed by atoms with Crippen LogP contribution in [0.1, 0.15) is 16.5 Å². The van der Waals surface area contributed by atoms with Crippen molar-refractivity contribution in [2.24, 2.45) is 5.84 Å². The molecule has 1 aromatic carbocycles. The number of ether oxygens (including phenoxy) is 2. The number of methoxy groups -OCH3 is 1. The van der Waals surface area contributed by atoms with E-state index in [1.54, 1.807) is 18.4 Å². The van der Waals surface area contributed by atoms with Crippen LogP contribution in [0, 0.1) is 0 Å². The number of hydrazine groups is 1. The van der Waals surface area contributed by atoms with Crippen LogP contribution >= 0.6 is 11.3 Å². The maximum atomic E-state index is 5.74. The Morgan fingerprint density at radius 2 is 2.05 bits per heavy atom. The summed E-state index contributed by atoms with van der Waals surface area (Å²) in [6, 6.07) is 11.9. The lowest BCUT2D eigenvalue weighted by atomic mass is 10.0. The Kier molecular flexibility index (Phi) is 5.35. The molecule has 0 saturated carbocycles. The van der Waals surface area contributed by atoms with Crippen molar-refractivity contribution in [1.29, 1.82) is 0 Å². The summed E-state index contributed by atoms with van der Waals surface area (Å²) >= 11 is 1.66. The van der Waals surface area contributed by atoms with Gasteiger partial charge in [0.15, 0.2) is 0 Å². The largest absolute Gasteiger partial charge is 0.491 e. The first-order valence-electron chi connectivity index (χ1n) is 6.07. The van der Waals surface area contributed by atoms with Crippen molar-refractivity contribution in [2.45, 2.75) is 6.04 Å². The molecule has 0 spiro atoms. The molecule has 1 atom stereocenters. The van der Waals surface area contributed by atoms with Crippen molar-refractivity contribution in [3.63, 3.8) is 0 Å². The molecule has 3 N–H and O–H groups in total. The van der Waals surface area contributed by atoms with E-state index in [1.807, 2.05) is 35.7 Å². The third-order valence-electron chi connectivity index (χ3n) is 2.77. The monoisotopic (exact) mass is 278 g/mol. The minimum absolute atomic E-state index is 0.0567. The topological polar surface area (TPSA) is 56.5 Å². The summed E-state index contributed by atoms with van der Waals surface area (Å²) in [5.41, 5.74) is 3.88. The molecule has 102 valence electrons. The van der Waals surface area contributed by atoms with Crippen LogP contribution < -0.4 is 16.0 Å². The maximum absolute atomic E-state index is 5.74. The average molecular weight is 278 g/mol. The molecule has 1 aromatic heterocycles. The first-order valence-corrected chi connectivity index (χ1v) is 6.95. The lowest BCUT2D eigenvalue weighted by Crippen LogP contribution is -2.28. The molecule has 0 saturated heterocycles. The first kappa shape index (κ1) is 14.0. The van der Waals surface area contributed by atoms with Crippen molar-refractivity contribution in [3.05, 3.63) is 52.2 Å². The summed E-state index contributed by atoms with van der Waals surface area (Å²) < 4.78 is 10.7. The highest BCUT2D eigenvalue weighted by molar-refractivity contribution is 7.10. The second-order valence-corrected chi connectivity index (χ2v) is 4.97. The smallest absolute Gasteiger partial charge is 0.124 e. The van der Waals surface area contributed by atoms with Crippen molar-refractivity contribution in [1.82, 2.24) is 5.43 Å². The maximum Gasteiger partial charge on any atom is 0.124 e. The summed E-state index contributed by atoms with van der Waals surface area (Å²) in [5.74, 6) is 6.53. The molecule has 2 rings (SSSR count). The van der Waals surface area contributed by atoms with Gasteiger partial charge in [0.05, 0.1) is 12.6 Å². The van der Waals surface area contributed by atoms with Gasteiger partial charge in [0, 0.05) is 17.6 Å². The molecule has 4 nitrogen and oxygen atoms in total. The van der Waals surface area contributed by atoms with Gasteiger partial charge in [-0.2, -0.15) is 0 Å². The number of hydrogen-bond donors (Lipinski definition) is 2. The SMILES string of the molecule is COCCOc1ccccc1C(NN)c1cccs1. The quantitative estimate of drug-likeness (QED) is 0.463. The fraction of sp³-hybridized carbons (Fsp3) is 0.286. The van der Waals surface area contributed by atoms with Gasteiger partial charge in [0.1, 0.15) is 12.4 Å². The van der Waals surface area contributed by atoms with Crippen LogP contribution in [-0.4, -0.2) is 20.3 Å². The fourth-order valence-electron chi connectivity index (χ4n) is 1.87. The molecule has 0 bridgehead atoms. The zero-order chi connectivity index (χ0) is 13.5. The molecule has 5 heteroatoms. The van der Waals surface area contributed by atoms with Gasteiger partial charge in [0.25, 0.3) is 0 Å². The third kappa shape index (κ3) is 3.54. The molecule has 1 unspecified atom stereocenters. The van der Waals surface area contributed by atoms with Gasteiger partial charge in [-0.15, -0.1) is 11.3 Å². The third-order valence-corrected chi connectivity index (χ3v) is 3.71. The Balaban J connectivity index is 2.22. The van der Waals surface area contributed by atoms with Crippen molar-refractivity contribution < 1.29 is 9.47 Å². The Hall–Kier alpha value is -1.40. The molecule has 0 fully saturated rings. The normalized spacial score (nSPS) is 12.3. The van der Waals surface area contributed by atoms with Gasteiger partial charge in [-0.25, -0.2) is 5.43 Å². The van der Waals surface area contributed by atoms with Crippen LogP contribution in [0.25, 0.3) is 0 Å². The summed E-state index contributed by atoms with van der Waals surface area (Å²) in [6.07, 6.45) is 0. The van der Waals surface area contributed by atoms with E-state index in [2.05, 4.69) is 11.5 Å². The molecule has 2 aromatic rings. The average Bonchev–Trinajstić information content (AvgIpc) is 2.96. The number of hydrogen-bond acceptors (Lipinski definition) is 5. The number of benzene rings is 1. The highest BCUT2D eigenvalue weighted by Crippen LogP contribution is 2.31. The van der Waals surface area contributed by atoms with Crippen LogP contribution in [0.15, 0.2) is 41.8 Å². The Morgan fingerprint density at radius 3 is 2.74 bits per heavy atom. The summed E-state index contributed by atoms with van der Waals surface area (Å²) in [4.78, 5) is 1.16. The lowest BCUT2D eigenvalue weighted by molar-refractivity contribution is 0.145. The second-order valence-electron chi connectivity index (χ2n) is 3.99.